The van der Waals surface area contributed by atoms with Gasteiger partial charge in [-0.3, -0.25) is 4.79 Å². The summed E-state index contributed by atoms with van der Waals surface area (Å²) >= 11 is 12.0. The van der Waals surface area contributed by atoms with Crippen LogP contribution in [0.1, 0.15) is 37.1 Å². The number of carboxylic acid groups (broad SMARTS) is 1. The number of hydrogen-bond acceptors (Lipinski definition) is 3. The third-order valence-corrected chi connectivity index (χ3v) is 5.36. The maximum Gasteiger partial charge on any atom is 0.326 e. The summed E-state index contributed by atoms with van der Waals surface area (Å²) < 4.78 is 5.89. The Morgan fingerprint density at radius 1 is 1.04 bits per heavy atom. The minimum Gasteiger partial charge on any atom is -0.480 e. The second kappa shape index (κ2) is 8.52. The fourth-order valence-electron chi connectivity index (χ4n) is 3.61. The van der Waals surface area contributed by atoms with E-state index in [1.807, 2.05) is 12.1 Å². The summed E-state index contributed by atoms with van der Waals surface area (Å²) in [5, 5.41) is 11.0. The molecule has 5 nitrogen and oxygen atoms in total. The second-order valence-corrected chi connectivity index (χ2v) is 7.98. The van der Waals surface area contributed by atoms with E-state index in [1.54, 1.807) is 50.2 Å². The quantitative estimate of drug-likeness (QED) is 0.756. The molecule has 3 atom stereocenters. The van der Waals surface area contributed by atoms with Crippen molar-refractivity contribution in [2.24, 2.45) is 5.92 Å². The Kier molecular flexibility index (Phi) is 6.28. The summed E-state index contributed by atoms with van der Waals surface area (Å²) in [6.45, 7) is 3.39. The Morgan fingerprint density at radius 3 is 2.00 bits per heavy atom. The minimum atomic E-state index is -1.04. The number of amides is 1. The molecule has 0 unspecified atom stereocenters. The van der Waals surface area contributed by atoms with E-state index in [0.717, 1.165) is 11.1 Å². The van der Waals surface area contributed by atoms with Crippen LogP contribution >= 0.6 is 23.2 Å². The number of morpholine rings is 1. The monoisotopic (exact) mass is 421 g/mol. The number of nitrogens with zero attached hydrogens (tertiary/aromatic N) is 1. The zero-order valence-electron chi connectivity index (χ0n) is 15.5. The number of halogens is 2. The highest BCUT2D eigenvalue weighted by Crippen LogP contribution is 2.42. The van der Waals surface area contributed by atoms with Crippen LogP contribution in [-0.2, 0) is 14.3 Å². The van der Waals surface area contributed by atoms with E-state index in [0.29, 0.717) is 10.0 Å². The number of benzene rings is 2. The molecule has 0 saturated carbocycles. The third kappa shape index (κ3) is 4.17. The van der Waals surface area contributed by atoms with Gasteiger partial charge in [0.1, 0.15) is 18.8 Å². The third-order valence-electron chi connectivity index (χ3n) is 4.86. The average Bonchev–Trinajstić information content (AvgIpc) is 2.64. The number of aliphatic carboxylic acids is 1. The van der Waals surface area contributed by atoms with Crippen molar-refractivity contribution in [3.63, 3.8) is 0 Å². The smallest absolute Gasteiger partial charge is 0.326 e. The molecule has 0 aliphatic carbocycles. The topological polar surface area (TPSA) is 66.8 Å². The molecule has 148 valence electrons. The predicted molar refractivity (Wildman–Crippen MR) is 107 cm³/mol. The van der Waals surface area contributed by atoms with Crippen molar-refractivity contribution < 1.29 is 19.4 Å². The van der Waals surface area contributed by atoms with Crippen molar-refractivity contribution in [3.05, 3.63) is 69.7 Å². The lowest BCUT2D eigenvalue weighted by molar-refractivity contribution is -0.173. The summed E-state index contributed by atoms with van der Waals surface area (Å²) in [5.74, 6) is -1.68. The Bertz CT molecular complexity index is 852. The van der Waals surface area contributed by atoms with Crippen LogP contribution in [0.3, 0.4) is 0 Å². The van der Waals surface area contributed by atoms with Crippen molar-refractivity contribution in [3.8, 4) is 0 Å². The summed E-state index contributed by atoms with van der Waals surface area (Å²) in [6, 6.07) is 12.6. The molecule has 0 spiro atoms. The van der Waals surface area contributed by atoms with Crippen LogP contribution in [0.4, 0.5) is 0 Å². The van der Waals surface area contributed by atoms with Crippen LogP contribution in [0, 0.1) is 5.92 Å². The van der Waals surface area contributed by atoms with Gasteiger partial charge in [0.15, 0.2) is 0 Å². The Hall–Kier alpha value is -2.08. The van der Waals surface area contributed by atoms with Crippen LogP contribution in [-0.4, -0.2) is 34.5 Å². The summed E-state index contributed by atoms with van der Waals surface area (Å²) in [6.07, 6.45) is -0.531. The molecule has 1 aliphatic rings. The van der Waals surface area contributed by atoms with Crippen LogP contribution in [0.5, 0.6) is 0 Å². The van der Waals surface area contributed by atoms with Gasteiger partial charge in [-0.1, -0.05) is 61.3 Å². The molecule has 1 N–H and O–H groups in total. The maximum atomic E-state index is 12.8. The summed E-state index contributed by atoms with van der Waals surface area (Å²) in [5.41, 5.74) is 1.57. The Morgan fingerprint density at radius 2 is 1.54 bits per heavy atom. The van der Waals surface area contributed by atoms with Gasteiger partial charge < -0.3 is 14.7 Å². The normalized spacial score (nSPS) is 21.0. The van der Waals surface area contributed by atoms with Gasteiger partial charge in [-0.05, 0) is 41.3 Å². The first kappa shape index (κ1) is 20.6. The molecule has 2 aromatic rings. The van der Waals surface area contributed by atoms with Gasteiger partial charge in [0.25, 0.3) is 0 Å². The van der Waals surface area contributed by atoms with Gasteiger partial charge in [0, 0.05) is 10.0 Å². The molecule has 28 heavy (non-hydrogen) atoms. The number of carbonyl (C=O) groups excluding carboxylic acids is 1. The van der Waals surface area contributed by atoms with E-state index in [4.69, 9.17) is 27.9 Å². The van der Waals surface area contributed by atoms with E-state index in [2.05, 4.69) is 0 Å². The van der Waals surface area contributed by atoms with Gasteiger partial charge in [-0.15, -0.1) is 0 Å². The SMILES string of the molecule is CC(C)[C@@H](C(=O)O)N1C(=O)CO[C@@H](c2ccc(Cl)cc2)[C@H]1c1ccc(Cl)cc1. The summed E-state index contributed by atoms with van der Waals surface area (Å²) in [7, 11) is 0. The van der Waals surface area contributed by atoms with Gasteiger partial charge in [0.05, 0.1) is 6.04 Å². The lowest BCUT2D eigenvalue weighted by atomic mass is 9.89. The van der Waals surface area contributed by atoms with Crippen molar-refractivity contribution in [2.75, 3.05) is 6.61 Å². The van der Waals surface area contributed by atoms with Crippen molar-refractivity contribution >= 4 is 35.1 Å². The van der Waals surface area contributed by atoms with E-state index in [-0.39, 0.29) is 18.4 Å². The standard InChI is InChI=1S/C21H21Cl2NO4/c1-12(2)18(21(26)27)24-17(25)11-28-20(14-5-9-16(23)10-6-14)19(24)13-3-7-15(22)8-4-13/h3-10,12,18-20H,11H2,1-2H3,(H,26,27)/t18-,19+,20-/m0/s1. The lowest BCUT2D eigenvalue weighted by Gasteiger charge is -2.45. The predicted octanol–water partition coefficient (Wildman–Crippen LogP) is 4.74. The number of carboxylic acids is 1. The molecule has 7 heteroatoms. The molecule has 1 fully saturated rings. The van der Waals surface area contributed by atoms with E-state index >= 15 is 0 Å². The highest BCUT2D eigenvalue weighted by Gasteiger charge is 2.45. The maximum absolute atomic E-state index is 12.8. The van der Waals surface area contributed by atoms with E-state index < -0.39 is 24.2 Å². The van der Waals surface area contributed by atoms with Gasteiger partial charge in [-0.25, -0.2) is 4.79 Å². The second-order valence-electron chi connectivity index (χ2n) is 7.11. The molecule has 0 aromatic heterocycles. The summed E-state index contributed by atoms with van der Waals surface area (Å²) in [4.78, 5) is 26.3. The molecule has 0 radical (unpaired) electrons. The molecule has 1 saturated heterocycles. The molecule has 1 heterocycles. The van der Waals surface area contributed by atoms with Crippen molar-refractivity contribution in [1.29, 1.82) is 0 Å². The first-order valence-electron chi connectivity index (χ1n) is 8.96. The van der Waals surface area contributed by atoms with Crippen LogP contribution in [0.25, 0.3) is 0 Å². The number of ether oxygens (including phenoxy) is 1. The molecule has 2 aromatic carbocycles. The molecule has 1 aliphatic heterocycles. The van der Waals surface area contributed by atoms with Gasteiger partial charge in [0.2, 0.25) is 5.91 Å². The Labute approximate surface area is 173 Å². The molecular weight excluding hydrogens is 401 g/mol. The van der Waals surface area contributed by atoms with E-state index in [9.17, 15) is 14.7 Å². The van der Waals surface area contributed by atoms with Gasteiger partial charge in [-0.2, -0.15) is 0 Å². The number of carbonyl (C=O) groups is 2. The number of rotatable bonds is 5. The van der Waals surface area contributed by atoms with Crippen LogP contribution in [0.2, 0.25) is 10.0 Å². The largest absolute Gasteiger partial charge is 0.480 e. The van der Waals surface area contributed by atoms with Gasteiger partial charge >= 0.3 is 5.97 Å². The first-order chi connectivity index (χ1) is 13.3. The lowest BCUT2D eigenvalue weighted by Crippen LogP contribution is -2.55. The molecular formula is C21H21Cl2NO4. The minimum absolute atomic E-state index is 0.187. The highest BCUT2D eigenvalue weighted by atomic mass is 35.5. The fraction of sp³-hybridized carbons (Fsp3) is 0.333. The molecule has 0 bridgehead atoms. The van der Waals surface area contributed by atoms with Crippen LogP contribution in [0.15, 0.2) is 48.5 Å². The number of hydrogen-bond donors (Lipinski definition) is 1. The van der Waals surface area contributed by atoms with Crippen molar-refractivity contribution in [1.82, 2.24) is 4.90 Å². The molecule has 1 amide bonds. The highest BCUT2D eigenvalue weighted by molar-refractivity contribution is 6.30. The van der Waals surface area contributed by atoms with Crippen molar-refractivity contribution in [2.45, 2.75) is 32.0 Å². The first-order valence-corrected chi connectivity index (χ1v) is 9.71. The van der Waals surface area contributed by atoms with Crippen LogP contribution < -0.4 is 0 Å². The molecule has 3 rings (SSSR count). The zero-order valence-corrected chi connectivity index (χ0v) is 17.0. The fourth-order valence-corrected chi connectivity index (χ4v) is 3.86. The average molecular weight is 422 g/mol. The zero-order chi connectivity index (χ0) is 20.4. The van der Waals surface area contributed by atoms with E-state index in [1.165, 1.54) is 4.90 Å². The Balaban J connectivity index is 2.14.